The second kappa shape index (κ2) is 5.87. The van der Waals surface area contributed by atoms with E-state index in [1.165, 1.54) is 12.4 Å². The molecule has 1 aromatic carbocycles. The molecule has 7 nitrogen and oxygen atoms in total. The highest BCUT2D eigenvalue weighted by Gasteiger charge is 2.05. The van der Waals surface area contributed by atoms with Gasteiger partial charge in [-0.2, -0.15) is 0 Å². The van der Waals surface area contributed by atoms with Crippen LogP contribution in [0, 0.1) is 0 Å². The minimum Gasteiger partial charge on any atom is -0.497 e. The zero-order valence-electron chi connectivity index (χ0n) is 11.1. The third kappa shape index (κ3) is 3.14. The Kier molecular flexibility index (Phi) is 3.99. The van der Waals surface area contributed by atoms with Gasteiger partial charge in [-0.05, 0) is 0 Å². The molecule has 0 saturated heterocycles. The molecule has 7 heteroatoms. The summed E-state index contributed by atoms with van der Waals surface area (Å²) in [4.78, 5) is 18.9. The molecule has 3 N–H and O–H groups in total. The Balaban J connectivity index is 2.22. The smallest absolute Gasteiger partial charge is 0.251 e. The molecule has 20 heavy (non-hydrogen) atoms. The van der Waals surface area contributed by atoms with Gasteiger partial charge < -0.3 is 20.5 Å². The van der Waals surface area contributed by atoms with Crippen molar-refractivity contribution in [3.05, 3.63) is 36.2 Å². The van der Waals surface area contributed by atoms with Crippen molar-refractivity contribution in [2.45, 2.75) is 0 Å². The quantitative estimate of drug-likeness (QED) is 0.853. The molecule has 0 bridgehead atoms. The minimum atomic E-state index is -0.570. The molecule has 2 aromatic rings. The van der Waals surface area contributed by atoms with Crippen molar-refractivity contribution in [2.75, 3.05) is 19.5 Å². The fourth-order valence-electron chi connectivity index (χ4n) is 1.53. The summed E-state index contributed by atoms with van der Waals surface area (Å²) in [5.41, 5.74) is 6.07. The lowest BCUT2D eigenvalue weighted by Gasteiger charge is -2.09. The molecule has 0 radical (unpaired) electrons. The summed E-state index contributed by atoms with van der Waals surface area (Å²) in [5.74, 6) is 1.05. The Morgan fingerprint density at radius 2 is 1.65 bits per heavy atom. The second-order valence-corrected chi connectivity index (χ2v) is 3.89. The standard InChI is InChI=1S/C13H14N4O3/c1-19-10-3-9(4-11(5-10)20-2)17-13-15-6-8(7-16-13)12(14)18/h3-7H,1-2H3,(H2,14,18)(H,15,16,17). The van der Waals surface area contributed by atoms with Crippen LogP contribution >= 0.6 is 0 Å². The third-order valence-corrected chi connectivity index (χ3v) is 2.54. The number of ether oxygens (including phenoxy) is 2. The van der Waals surface area contributed by atoms with Gasteiger partial charge in [-0.1, -0.05) is 0 Å². The van der Waals surface area contributed by atoms with E-state index in [1.54, 1.807) is 32.4 Å². The number of benzene rings is 1. The molecule has 0 unspecified atom stereocenters. The molecular weight excluding hydrogens is 260 g/mol. The van der Waals surface area contributed by atoms with Crippen LogP contribution in [-0.2, 0) is 0 Å². The number of carbonyl (C=O) groups is 1. The number of methoxy groups -OCH3 is 2. The Hall–Kier alpha value is -2.83. The van der Waals surface area contributed by atoms with Gasteiger partial charge in [-0.15, -0.1) is 0 Å². The van der Waals surface area contributed by atoms with Gasteiger partial charge in [0.1, 0.15) is 11.5 Å². The predicted octanol–water partition coefficient (Wildman–Crippen LogP) is 1.34. The number of hydrogen-bond donors (Lipinski definition) is 2. The molecule has 0 aliphatic heterocycles. The average molecular weight is 274 g/mol. The Bertz CT molecular complexity index is 591. The van der Waals surface area contributed by atoms with Gasteiger partial charge in [-0.3, -0.25) is 4.79 Å². The minimum absolute atomic E-state index is 0.249. The molecule has 0 aliphatic carbocycles. The van der Waals surface area contributed by atoms with Crippen LogP contribution in [0.2, 0.25) is 0 Å². The number of aromatic nitrogens is 2. The summed E-state index contributed by atoms with van der Waals surface area (Å²) in [7, 11) is 3.13. The number of nitrogens with two attached hydrogens (primary N) is 1. The molecule has 0 spiro atoms. The van der Waals surface area contributed by atoms with Gasteiger partial charge in [-0.25, -0.2) is 9.97 Å². The van der Waals surface area contributed by atoms with Gasteiger partial charge in [0.25, 0.3) is 5.91 Å². The van der Waals surface area contributed by atoms with Gasteiger partial charge in [0, 0.05) is 36.3 Å². The average Bonchev–Trinajstić information content (AvgIpc) is 2.47. The zero-order valence-corrected chi connectivity index (χ0v) is 11.1. The molecule has 0 aliphatic rings. The van der Waals surface area contributed by atoms with Crippen molar-refractivity contribution in [3.8, 4) is 11.5 Å². The Labute approximate surface area is 115 Å². The Morgan fingerprint density at radius 1 is 1.10 bits per heavy atom. The first kappa shape index (κ1) is 13.6. The normalized spacial score (nSPS) is 9.90. The predicted molar refractivity (Wildman–Crippen MR) is 73.4 cm³/mol. The van der Waals surface area contributed by atoms with E-state index >= 15 is 0 Å². The Morgan fingerprint density at radius 3 is 2.10 bits per heavy atom. The van der Waals surface area contributed by atoms with E-state index in [0.29, 0.717) is 23.1 Å². The van der Waals surface area contributed by atoms with E-state index in [0.717, 1.165) is 0 Å². The first-order chi connectivity index (χ1) is 9.62. The van der Waals surface area contributed by atoms with Crippen molar-refractivity contribution < 1.29 is 14.3 Å². The molecule has 0 saturated carbocycles. The molecule has 0 fully saturated rings. The number of primary amides is 1. The van der Waals surface area contributed by atoms with Crippen molar-refractivity contribution in [2.24, 2.45) is 5.73 Å². The molecular formula is C13H14N4O3. The van der Waals surface area contributed by atoms with E-state index in [2.05, 4.69) is 15.3 Å². The van der Waals surface area contributed by atoms with Crippen LogP contribution in [0.25, 0.3) is 0 Å². The molecule has 2 rings (SSSR count). The zero-order chi connectivity index (χ0) is 14.5. The third-order valence-electron chi connectivity index (χ3n) is 2.54. The van der Waals surface area contributed by atoms with Crippen LogP contribution in [0.4, 0.5) is 11.6 Å². The van der Waals surface area contributed by atoms with E-state index in [1.807, 2.05) is 0 Å². The lowest BCUT2D eigenvalue weighted by molar-refractivity contribution is 0.0999. The highest BCUT2D eigenvalue weighted by molar-refractivity contribution is 5.92. The highest BCUT2D eigenvalue weighted by Crippen LogP contribution is 2.27. The molecule has 1 aromatic heterocycles. The van der Waals surface area contributed by atoms with Gasteiger partial charge >= 0.3 is 0 Å². The fourth-order valence-corrected chi connectivity index (χ4v) is 1.53. The number of anilines is 2. The number of carbonyl (C=O) groups excluding carboxylic acids is 1. The molecule has 1 amide bonds. The highest BCUT2D eigenvalue weighted by atomic mass is 16.5. The maximum absolute atomic E-state index is 10.9. The van der Waals surface area contributed by atoms with Crippen LogP contribution in [0.1, 0.15) is 10.4 Å². The lowest BCUT2D eigenvalue weighted by Crippen LogP contribution is -2.12. The molecule has 0 atom stereocenters. The van der Waals surface area contributed by atoms with Crippen molar-refractivity contribution in [1.82, 2.24) is 9.97 Å². The maximum atomic E-state index is 10.9. The van der Waals surface area contributed by atoms with Gasteiger partial charge in [0.2, 0.25) is 5.95 Å². The van der Waals surface area contributed by atoms with E-state index in [9.17, 15) is 4.79 Å². The van der Waals surface area contributed by atoms with E-state index < -0.39 is 5.91 Å². The second-order valence-electron chi connectivity index (χ2n) is 3.89. The van der Waals surface area contributed by atoms with Crippen molar-refractivity contribution in [1.29, 1.82) is 0 Å². The number of nitrogens with one attached hydrogen (secondary N) is 1. The summed E-state index contributed by atoms with van der Waals surface area (Å²) in [6, 6.07) is 5.30. The van der Waals surface area contributed by atoms with Crippen LogP contribution < -0.4 is 20.5 Å². The summed E-state index contributed by atoms with van der Waals surface area (Å²) in [6.07, 6.45) is 2.71. The number of nitrogens with zero attached hydrogens (tertiary/aromatic N) is 2. The first-order valence-electron chi connectivity index (χ1n) is 5.74. The van der Waals surface area contributed by atoms with Crippen LogP contribution in [0.5, 0.6) is 11.5 Å². The monoisotopic (exact) mass is 274 g/mol. The van der Waals surface area contributed by atoms with Gasteiger partial charge in [0.15, 0.2) is 0 Å². The van der Waals surface area contributed by atoms with Crippen molar-refractivity contribution >= 4 is 17.5 Å². The summed E-state index contributed by atoms with van der Waals surface area (Å²) in [5, 5.41) is 2.99. The number of hydrogen-bond acceptors (Lipinski definition) is 6. The maximum Gasteiger partial charge on any atom is 0.251 e. The van der Waals surface area contributed by atoms with E-state index in [4.69, 9.17) is 15.2 Å². The topological polar surface area (TPSA) is 99.4 Å². The number of amides is 1. The number of rotatable bonds is 5. The lowest BCUT2D eigenvalue weighted by atomic mass is 10.3. The van der Waals surface area contributed by atoms with Crippen LogP contribution in [0.3, 0.4) is 0 Å². The van der Waals surface area contributed by atoms with E-state index in [-0.39, 0.29) is 5.56 Å². The molecule has 1 heterocycles. The summed E-state index contributed by atoms with van der Waals surface area (Å²) in [6.45, 7) is 0. The fraction of sp³-hybridized carbons (Fsp3) is 0.154. The summed E-state index contributed by atoms with van der Waals surface area (Å²) < 4.78 is 10.3. The first-order valence-corrected chi connectivity index (χ1v) is 5.74. The van der Waals surface area contributed by atoms with Crippen LogP contribution in [0.15, 0.2) is 30.6 Å². The van der Waals surface area contributed by atoms with Crippen LogP contribution in [-0.4, -0.2) is 30.1 Å². The SMILES string of the molecule is COc1cc(Nc2ncc(C(N)=O)cn2)cc(OC)c1. The summed E-state index contributed by atoms with van der Waals surface area (Å²) >= 11 is 0. The van der Waals surface area contributed by atoms with Gasteiger partial charge in [0.05, 0.1) is 19.8 Å². The molecule has 104 valence electrons. The van der Waals surface area contributed by atoms with Crippen molar-refractivity contribution in [3.63, 3.8) is 0 Å². The largest absolute Gasteiger partial charge is 0.497 e.